The number of benzene rings is 1. The molecule has 1 N–H and O–H groups in total. The normalized spacial score (nSPS) is 9.50. The Balaban J connectivity index is 2.73. The average Bonchev–Trinajstić information content (AvgIpc) is 2.18. The van der Waals surface area contributed by atoms with Crippen molar-refractivity contribution in [2.24, 2.45) is 0 Å². The lowest BCUT2D eigenvalue weighted by molar-refractivity contribution is -0.384. The lowest BCUT2D eigenvalue weighted by atomic mass is 10.3. The number of carbonyl (C=O) groups excluding carboxylic acids is 1. The summed E-state index contributed by atoms with van der Waals surface area (Å²) in [4.78, 5) is 20.3. The number of non-ortho nitro benzene ring substituents is 1. The highest BCUT2D eigenvalue weighted by Crippen LogP contribution is 2.15. The van der Waals surface area contributed by atoms with Crippen molar-refractivity contribution in [1.29, 1.82) is 0 Å². The van der Waals surface area contributed by atoms with Crippen LogP contribution in [0.1, 0.15) is 0 Å². The molecule has 0 unspecified atom stereocenters. The third-order valence-electron chi connectivity index (χ3n) is 1.48. The first-order chi connectivity index (χ1) is 6.63. The quantitative estimate of drug-likeness (QED) is 0.590. The summed E-state index contributed by atoms with van der Waals surface area (Å²) in [6.45, 7) is -1.11. The molecule has 0 aliphatic rings. The Kier molecular flexibility index (Phi) is 3.11. The summed E-state index contributed by atoms with van der Waals surface area (Å²) in [5, 5.41) is 12.5. The highest BCUT2D eigenvalue weighted by atomic mass is 19.1. The van der Waals surface area contributed by atoms with E-state index in [9.17, 15) is 19.3 Å². The molecule has 1 rings (SSSR count). The molecule has 0 aliphatic carbocycles. The average molecular weight is 198 g/mol. The number of halogens is 1. The molecule has 14 heavy (non-hydrogen) atoms. The van der Waals surface area contributed by atoms with Crippen molar-refractivity contribution >= 4 is 17.3 Å². The van der Waals surface area contributed by atoms with E-state index in [-0.39, 0.29) is 5.69 Å². The van der Waals surface area contributed by atoms with E-state index in [0.29, 0.717) is 5.69 Å². The largest absolute Gasteiger partial charge is 0.324 e. The molecule has 0 saturated carbocycles. The van der Waals surface area contributed by atoms with Crippen molar-refractivity contribution in [2.45, 2.75) is 0 Å². The van der Waals surface area contributed by atoms with Gasteiger partial charge in [-0.1, -0.05) is 0 Å². The fraction of sp³-hybridized carbons (Fsp3) is 0.125. The van der Waals surface area contributed by atoms with Gasteiger partial charge in [-0.2, -0.15) is 0 Å². The Bertz CT molecular complexity index is 350. The number of amides is 1. The van der Waals surface area contributed by atoms with Gasteiger partial charge < -0.3 is 5.32 Å². The summed E-state index contributed by atoms with van der Waals surface area (Å²) in [5.74, 6) is -0.779. The second-order valence-electron chi connectivity index (χ2n) is 2.49. The molecule has 0 aromatic heterocycles. The van der Waals surface area contributed by atoms with E-state index in [2.05, 4.69) is 5.32 Å². The predicted octanol–water partition coefficient (Wildman–Crippen LogP) is 1.50. The summed E-state index contributed by atoms with van der Waals surface area (Å²) in [5.41, 5.74) is 0.251. The van der Waals surface area contributed by atoms with Crippen LogP contribution in [0.2, 0.25) is 0 Å². The van der Waals surface area contributed by atoms with Gasteiger partial charge in [-0.15, -0.1) is 0 Å². The van der Waals surface area contributed by atoms with Crippen LogP contribution in [-0.2, 0) is 4.79 Å². The second kappa shape index (κ2) is 4.31. The molecule has 0 spiro atoms. The van der Waals surface area contributed by atoms with Crippen molar-refractivity contribution < 1.29 is 14.1 Å². The minimum atomic E-state index is -1.11. The van der Waals surface area contributed by atoms with Crippen LogP contribution in [0.4, 0.5) is 15.8 Å². The van der Waals surface area contributed by atoms with Gasteiger partial charge in [-0.3, -0.25) is 14.9 Å². The Hall–Kier alpha value is -1.98. The Morgan fingerprint density at radius 3 is 2.43 bits per heavy atom. The Labute approximate surface area is 78.7 Å². The molecule has 0 heterocycles. The van der Waals surface area contributed by atoms with E-state index in [0.717, 1.165) is 0 Å². The minimum Gasteiger partial charge on any atom is -0.324 e. The Morgan fingerprint density at radius 1 is 1.43 bits per heavy atom. The zero-order chi connectivity index (χ0) is 10.6. The number of hydrogen-bond donors (Lipinski definition) is 1. The first kappa shape index (κ1) is 10.1. The zero-order valence-corrected chi connectivity index (χ0v) is 7.07. The van der Waals surface area contributed by atoms with E-state index in [1.54, 1.807) is 0 Å². The van der Waals surface area contributed by atoms with E-state index in [1.807, 2.05) is 0 Å². The summed E-state index contributed by atoms with van der Waals surface area (Å²) in [6.07, 6.45) is 0. The van der Waals surface area contributed by atoms with Crippen LogP contribution in [-0.4, -0.2) is 17.5 Å². The van der Waals surface area contributed by atoms with Crippen molar-refractivity contribution in [3.63, 3.8) is 0 Å². The number of anilines is 1. The first-order valence-electron chi connectivity index (χ1n) is 3.74. The van der Waals surface area contributed by atoms with Gasteiger partial charge in [0.25, 0.3) is 11.6 Å². The van der Waals surface area contributed by atoms with Crippen LogP contribution < -0.4 is 5.32 Å². The molecule has 1 aromatic carbocycles. The molecule has 5 nitrogen and oxygen atoms in total. The van der Waals surface area contributed by atoms with Gasteiger partial charge in [0.05, 0.1) is 4.92 Å². The van der Waals surface area contributed by atoms with Crippen molar-refractivity contribution in [1.82, 2.24) is 0 Å². The highest BCUT2D eigenvalue weighted by molar-refractivity contribution is 5.91. The lowest BCUT2D eigenvalue weighted by Crippen LogP contribution is -2.12. The van der Waals surface area contributed by atoms with Crippen molar-refractivity contribution in [3.05, 3.63) is 34.4 Å². The second-order valence-corrected chi connectivity index (χ2v) is 2.49. The van der Waals surface area contributed by atoms with Gasteiger partial charge in [0, 0.05) is 17.8 Å². The summed E-state index contributed by atoms with van der Waals surface area (Å²) >= 11 is 0. The van der Waals surface area contributed by atoms with E-state index >= 15 is 0 Å². The monoisotopic (exact) mass is 198 g/mol. The third kappa shape index (κ3) is 2.51. The molecule has 6 heteroatoms. The maximum absolute atomic E-state index is 11.8. The van der Waals surface area contributed by atoms with Gasteiger partial charge >= 0.3 is 0 Å². The molecule has 0 aliphatic heterocycles. The molecule has 0 fully saturated rings. The van der Waals surface area contributed by atoms with E-state index in [4.69, 9.17) is 0 Å². The van der Waals surface area contributed by atoms with Gasteiger partial charge in [0.2, 0.25) is 0 Å². The SMILES string of the molecule is O=C(CF)Nc1ccc([N+](=O)[O-])cc1. The topological polar surface area (TPSA) is 72.2 Å². The summed E-state index contributed by atoms with van der Waals surface area (Å²) in [6, 6.07) is 5.14. The molecule has 0 saturated heterocycles. The van der Waals surface area contributed by atoms with E-state index < -0.39 is 17.5 Å². The van der Waals surface area contributed by atoms with Gasteiger partial charge in [0.1, 0.15) is 0 Å². The molecule has 1 aromatic rings. The molecule has 74 valence electrons. The summed E-state index contributed by atoms with van der Waals surface area (Å²) in [7, 11) is 0. The van der Waals surface area contributed by atoms with Gasteiger partial charge in [-0.05, 0) is 12.1 Å². The van der Waals surface area contributed by atoms with Crippen LogP contribution in [0.25, 0.3) is 0 Å². The standard InChI is InChI=1S/C8H7FN2O3/c9-5-8(12)10-6-1-3-7(4-2-6)11(13)14/h1-4H,5H2,(H,10,12). The number of hydrogen-bond acceptors (Lipinski definition) is 3. The number of carbonyl (C=O) groups is 1. The molecular formula is C8H7FN2O3. The van der Waals surface area contributed by atoms with Crippen LogP contribution in [0.15, 0.2) is 24.3 Å². The summed E-state index contributed by atoms with van der Waals surface area (Å²) < 4.78 is 11.8. The van der Waals surface area contributed by atoms with Gasteiger partial charge in [-0.25, -0.2) is 4.39 Å². The number of nitro benzene ring substituents is 1. The smallest absolute Gasteiger partial charge is 0.269 e. The lowest BCUT2D eigenvalue weighted by Gasteiger charge is -2.00. The predicted molar refractivity (Wildman–Crippen MR) is 47.7 cm³/mol. The third-order valence-corrected chi connectivity index (χ3v) is 1.48. The van der Waals surface area contributed by atoms with Crippen LogP contribution in [0.3, 0.4) is 0 Å². The Morgan fingerprint density at radius 2 is 2.00 bits per heavy atom. The molecule has 0 radical (unpaired) electrons. The van der Waals surface area contributed by atoms with Gasteiger partial charge in [0.15, 0.2) is 6.67 Å². The first-order valence-corrected chi connectivity index (χ1v) is 3.74. The van der Waals surface area contributed by atoms with Crippen LogP contribution in [0.5, 0.6) is 0 Å². The minimum absolute atomic E-state index is 0.0803. The highest BCUT2D eigenvalue weighted by Gasteiger charge is 2.05. The van der Waals surface area contributed by atoms with Crippen LogP contribution in [0, 0.1) is 10.1 Å². The van der Waals surface area contributed by atoms with Crippen molar-refractivity contribution in [2.75, 3.05) is 12.0 Å². The van der Waals surface area contributed by atoms with Crippen molar-refractivity contribution in [3.8, 4) is 0 Å². The fourth-order valence-electron chi connectivity index (χ4n) is 0.861. The number of rotatable bonds is 3. The molecule has 1 amide bonds. The van der Waals surface area contributed by atoms with E-state index in [1.165, 1.54) is 24.3 Å². The number of alkyl halides is 1. The number of nitro groups is 1. The number of nitrogens with zero attached hydrogens (tertiary/aromatic N) is 1. The van der Waals surface area contributed by atoms with Crippen LogP contribution >= 0.6 is 0 Å². The molecule has 0 atom stereocenters. The maximum Gasteiger partial charge on any atom is 0.269 e. The molecular weight excluding hydrogens is 191 g/mol. The molecule has 0 bridgehead atoms. The fourth-order valence-corrected chi connectivity index (χ4v) is 0.861. The zero-order valence-electron chi connectivity index (χ0n) is 7.07. The maximum atomic E-state index is 11.8. The number of nitrogens with one attached hydrogen (secondary N) is 1.